The number of aryl methyl sites for hydroxylation is 1. The van der Waals surface area contributed by atoms with E-state index in [1.807, 2.05) is 13.0 Å². The van der Waals surface area contributed by atoms with Gasteiger partial charge in [0, 0.05) is 18.4 Å². The Kier molecular flexibility index (Phi) is 5.51. The number of amides is 1. The maximum atomic E-state index is 13.7. The van der Waals surface area contributed by atoms with E-state index >= 15 is 0 Å². The Morgan fingerprint density at radius 2 is 2.15 bits per heavy atom. The molecule has 4 aromatic rings. The van der Waals surface area contributed by atoms with E-state index in [1.165, 1.54) is 28.7 Å². The second-order valence-corrected chi connectivity index (χ2v) is 8.21. The maximum Gasteiger partial charge on any atom is 0.279 e. The molecule has 0 aliphatic carbocycles. The number of carbonyl (C=O) groups excluding carboxylic acids is 1. The average Bonchev–Trinajstić information content (AvgIpc) is 3.34. The van der Waals surface area contributed by atoms with Crippen molar-refractivity contribution in [2.75, 3.05) is 6.61 Å². The van der Waals surface area contributed by atoms with Gasteiger partial charge in [-0.1, -0.05) is 12.1 Å². The fraction of sp³-hybridized carbons (Fsp3) is 0.240. The highest BCUT2D eigenvalue weighted by Crippen LogP contribution is 2.18. The lowest BCUT2D eigenvalue weighted by atomic mass is 10.2. The van der Waals surface area contributed by atoms with Crippen LogP contribution in [-0.4, -0.2) is 32.6 Å². The second kappa shape index (κ2) is 8.65. The van der Waals surface area contributed by atoms with Crippen molar-refractivity contribution in [3.63, 3.8) is 0 Å². The van der Waals surface area contributed by atoms with Crippen molar-refractivity contribution in [3.8, 4) is 6.07 Å². The lowest BCUT2D eigenvalue weighted by Crippen LogP contribution is -2.33. The van der Waals surface area contributed by atoms with Gasteiger partial charge in [0.15, 0.2) is 5.49 Å². The number of benzene rings is 1. The van der Waals surface area contributed by atoms with Gasteiger partial charge in [0.05, 0.1) is 23.6 Å². The second-order valence-electron chi connectivity index (χ2n) is 8.21. The molecule has 170 valence electrons. The first-order chi connectivity index (χ1) is 16.5. The minimum absolute atomic E-state index is 0.0433. The summed E-state index contributed by atoms with van der Waals surface area (Å²) in [4.78, 5) is 35.2. The first kappa shape index (κ1) is 21.7. The van der Waals surface area contributed by atoms with Crippen molar-refractivity contribution < 1.29 is 13.9 Å². The third-order valence-electron chi connectivity index (χ3n) is 5.91. The molecule has 1 aliphatic heterocycles. The minimum atomic E-state index is -0.704. The summed E-state index contributed by atoms with van der Waals surface area (Å²) in [5.41, 5.74) is 1.39. The van der Waals surface area contributed by atoms with Crippen molar-refractivity contribution >= 4 is 22.6 Å². The summed E-state index contributed by atoms with van der Waals surface area (Å²) in [5.74, 6) is -1.27. The highest BCUT2D eigenvalue weighted by Gasteiger charge is 2.21. The molecule has 1 aliphatic rings. The van der Waals surface area contributed by atoms with Gasteiger partial charge in [0.1, 0.15) is 23.2 Å². The minimum Gasteiger partial charge on any atom is -0.376 e. The van der Waals surface area contributed by atoms with Crippen LogP contribution in [0.15, 0.2) is 58.4 Å². The van der Waals surface area contributed by atoms with Gasteiger partial charge >= 0.3 is 0 Å². The van der Waals surface area contributed by atoms with E-state index in [4.69, 9.17) is 9.72 Å². The van der Waals surface area contributed by atoms with Crippen LogP contribution in [-0.2, 0) is 11.3 Å². The van der Waals surface area contributed by atoms with E-state index in [1.54, 1.807) is 16.8 Å². The zero-order chi connectivity index (χ0) is 23.8. The third-order valence-corrected chi connectivity index (χ3v) is 5.91. The molecule has 3 aromatic heterocycles. The SMILES string of the molecule is Cc1cccn2c(=O)c3cc(C#N)c(=NC(=O)c4cccc(F)c4)n(CC4CCCO4)c3nc12. The van der Waals surface area contributed by atoms with Crippen LogP contribution in [0.5, 0.6) is 0 Å². The molecule has 5 rings (SSSR count). The summed E-state index contributed by atoms with van der Waals surface area (Å²) < 4.78 is 22.5. The number of nitriles is 1. The van der Waals surface area contributed by atoms with Crippen LogP contribution in [0.4, 0.5) is 4.39 Å². The zero-order valence-electron chi connectivity index (χ0n) is 18.4. The van der Waals surface area contributed by atoms with Gasteiger partial charge in [-0.15, -0.1) is 0 Å². The van der Waals surface area contributed by atoms with E-state index in [9.17, 15) is 19.2 Å². The molecule has 0 N–H and O–H groups in total. The van der Waals surface area contributed by atoms with Gasteiger partial charge in [0.25, 0.3) is 11.5 Å². The number of pyridine rings is 2. The molecule has 1 unspecified atom stereocenters. The number of rotatable bonds is 3. The molecule has 1 amide bonds. The summed E-state index contributed by atoms with van der Waals surface area (Å²) in [5, 5.41) is 10.1. The predicted octanol–water partition coefficient (Wildman–Crippen LogP) is 2.89. The Hall–Kier alpha value is -4.16. The summed E-state index contributed by atoms with van der Waals surface area (Å²) in [6.45, 7) is 2.71. The molecule has 1 atom stereocenters. The number of carbonyl (C=O) groups is 1. The molecule has 0 radical (unpaired) electrons. The van der Waals surface area contributed by atoms with Crippen molar-refractivity contribution in [2.24, 2.45) is 4.99 Å². The van der Waals surface area contributed by atoms with Gasteiger partial charge in [-0.2, -0.15) is 10.3 Å². The topological polar surface area (TPSA) is 102 Å². The van der Waals surface area contributed by atoms with Crippen molar-refractivity contribution in [1.82, 2.24) is 14.0 Å². The molecular formula is C25H20FN5O3. The Labute approximate surface area is 193 Å². The summed E-state index contributed by atoms with van der Waals surface area (Å²) in [6.07, 6.45) is 3.11. The van der Waals surface area contributed by atoms with E-state index < -0.39 is 11.7 Å². The molecule has 1 saturated heterocycles. The Morgan fingerprint density at radius 3 is 2.88 bits per heavy atom. The normalized spacial score (nSPS) is 16.3. The molecule has 1 fully saturated rings. The quantitative estimate of drug-likeness (QED) is 0.440. The molecule has 34 heavy (non-hydrogen) atoms. The van der Waals surface area contributed by atoms with Crippen LogP contribution in [0, 0.1) is 24.1 Å². The summed E-state index contributed by atoms with van der Waals surface area (Å²) >= 11 is 0. The largest absolute Gasteiger partial charge is 0.376 e. The van der Waals surface area contributed by atoms with Gasteiger partial charge in [-0.3, -0.25) is 14.0 Å². The number of hydrogen-bond donors (Lipinski definition) is 0. The van der Waals surface area contributed by atoms with E-state index in [2.05, 4.69) is 11.1 Å². The monoisotopic (exact) mass is 457 g/mol. The summed E-state index contributed by atoms with van der Waals surface area (Å²) in [7, 11) is 0. The van der Waals surface area contributed by atoms with E-state index in [-0.39, 0.29) is 40.2 Å². The van der Waals surface area contributed by atoms with Crippen molar-refractivity contribution in [3.05, 3.63) is 87.0 Å². The molecular weight excluding hydrogens is 437 g/mol. The number of fused-ring (bicyclic) bond motifs is 2. The number of nitrogens with zero attached hydrogens (tertiary/aromatic N) is 5. The Bertz CT molecular complexity index is 1620. The standard InChI is InChI=1S/C25H20FN5O3/c1-15-5-3-9-30-21(15)28-23-20(25(30)33)12-17(13-27)22(31(23)14-19-8-4-10-34-19)29-24(32)16-6-2-7-18(26)11-16/h2-3,5-7,9,11-12,19H,4,8,10,14H2,1H3. The third kappa shape index (κ3) is 3.78. The van der Waals surface area contributed by atoms with Crippen molar-refractivity contribution in [1.29, 1.82) is 5.26 Å². The van der Waals surface area contributed by atoms with Crippen LogP contribution >= 0.6 is 0 Å². The van der Waals surface area contributed by atoms with Crippen LogP contribution < -0.4 is 11.0 Å². The predicted molar refractivity (Wildman–Crippen MR) is 122 cm³/mol. The molecule has 9 heteroatoms. The van der Waals surface area contributed by atoms with Crippen LogP contribution in [0.1, 0.15) is 34.3 Å². The first-order valence-corrected chi connectivity index (χ1v) is 10.9. The molecule has 8 nitrogen and oxygen atoms in total. The van der Waals surface area contributed by atoms with Gasteiger partial charge < -0.3 is 9.30 Å². The molecule has 4 heterocycles. The molecule has 1 aromatic carbocycles. The van der Waals surface area contributed by atoms with E-state index in [0.29, 0.717) is 17.9 Å². The number of aromatic nitrogens is 3. The molecule has 0 bridgehead atoms. The lowest BCUT2D eigenvalue weighted by Gasteiger charge is -2.17. The fourth-order valence-electron chi connectivity index (χ4n) is 4.24. The molecule has 0 spiro atoms. The fourth-order valence-corrected chi connectivity index (χ4v) is 4.24. The van der Waals surface area contributed by atoms with Crippen LogP contribution in [0.25, 0.3) is 16.7 Å². The average molecular weight is 457 g/mol. The maximum absolute atomic E-state index is 13.7. The van der Waals surface area contributed by atoms with Crippen LogP contribution in [0.2, 0.25) is 0 Å². The van der Waals surface area contributed by atoms with Crippen LogP contribution in [0.3, 0.4) is 0 Å². The highest BCUT2D eigenvalue weighted by atomic mass is 19.1. The lowest BCUT2D eigenvalue weighted by molar-refractivity contribution is 0.0952. The Balaban J connectivity index is 1.85. The van der Waals surface area contributed by atoms with E-state index in [0.717, 1.165) is 24.5 Å². The van der Waals surface area contributed by atoms with Gasteiger partial charge in [0.2, 0.25) is 0 Å². The first-order valence-electron chi connectivity index (χ1n) is 10.9. The Morgan fingerprint density at radius 1 is 1.29 bits per heavy atom. The number of ether oxygens (including phenoxy) is 1. The highest BCUT2D eigenvalue weighted by molar-refractivity contribution is 5.95. The van der Waals surface area contributed by atoms with Crippen molar-refractivity contribution in [2.45, 2.75) is 32.4 Å². The number of hydrogen-bond acceptors (Lipinski definition) is 5. The van der Waals surface area contributed by atoms with Gasteiger partial charge in [-0.05, 0) is 55.7 Å². The summed E-state index contributed by atoms with van der Waals surface area (Å²) in [6, 6.07) is 12.2. The smallest absolute Gasteiger partial charge is 0.279 e. The number of halogens is 1. The van der Waals surface area contributed by atoms with Gasteiger partial charge in [-0.25, -0.2) is 9.37 Å². The molecule has 0 saturated carbocycles. The zero-order valence-corrected chi connectivity index (χ0v) is 18.4.